The molecule has 3 aromatic rings. The number of anilines is 1. The number of carbonyl (C=O) groups excluding carboxylic acids is 1. The number of nitrogens with zero attached hydrogens (tertiary/aromatic N) is 2. The van der Waals surface area contributed by atoms with Crippen LogP contribution < -0.4 is 10.1 Å². The Morgan fingerprint density at radius 1 is 1.11 bits per heavy atom. The van der Waals surface area contributed by atoms with E-state index >= 15 is 0 Å². The van der Waals surface area contributed by atoms with E-state index in [1.54, 1.807) is 22.9 Å². The Bertz CT molecular complexity index is 1060. The first-order valence-electron chi connectivity index (χ1n) is 8.68. The fourth-order valence-corrected chi connectivity index (χ4v) is 3.93. The molecule has 1 amide bonds. The van der Waals surface area contributed by atoms with E-state index in [-0.39, 0.29) is 17.1 Å². The number of methoxy groups -OCH3 is 1. The van der Waals surface area contributed by atoms with Crippen LogP contribution in [0.15, 0.2) is 65.6 Å². The number of nitrogens with one attached hydrogen (secondary N) is 1. The second-order valence-corrected chi connectivity index (χ2v) is 8.32. The SMILES string of the molecule is COc1ccc(S(=O)(=O)CCC(=O)Nc2cc(C)nn2-c2ccccc2)cc1. The molecule has 146 valence electrons. The van der Waals surface area contributed by atoms with Crippen LogP contribution in [-0.4, -0.2) is 37.0 Å². The highest BCUT2D eigenvalue weighted by Gasteiger charge is 2.18. The second kappa shape index (κ2) is 8.26. The van der Waals surface area contributed by atoms with Gasteiger partial charge in [-0.05, 0) is 43.3 Å². The Balaban J connectivity index is 1.68. The van der Waals surface area contributed by atoms with E-state index < -0.39 is 15.7 Å². The van der Waals surface area contributed by atoms with Crippen molar-refractivity contribution >= 4 is 21.6 Å². The van der Waals surface area contributed by atoms with Gasteiger partial charge in [-0.2, -0.15) is 5.10 Å². The van der Waals surface area contributed by atoms with E-state index in [2.05, 4.69) is 10.4 Å². The molecule has 0 aliphatic rings. The quantitative estimate of drug-likeness (QED) is 0.660. The molecule has 0 aliphatic carbocycles. The number of carbonyl (C=O) groups is 1. The first kappa shape index (κ1) is 19.6. The summed E-state index contributed by atoms with van der Waals surface area (Å²) in [5.74, 6) is 0.384. The molecule has 2 aromatic carbocycles. The standard InChI is InChI=1S/C20H21N3O4S/c1-15-14-19(23(22-15)16-6-4-3-5-7-16)21-20(24)12-13-28(25,26)18-10-8-17(27-2)9-11-18/h3-11,14H,12-13H2,1-2H3,(H,21,24). The summed E-state index contributed by atoms with van der Waals surface area (Å²) in [5, 5.41) is 7.13. The number of ether oxygens (including phenoxy) is 1. The molecule has 0 atom stereocenters. The van der Waals surface area contributed by atoms with E-state index in [4.69, 9.17) is 4.74 Å². The number of amides is 1. The predicted octanol–water partition coefficient (Wildman–Crippen LogP) is 2.99. The van der Waals surface area contributed by atoms with E-state index in [0.29, 0.717) is 11.6 Å². The zero-order valence-electron chi connectivity index (χ0n) is 15.6. The van der Waals surface area contributed by atoms with Gasteiger partial charge in [-0.15, -0.1) is 0 Å². The highest BCUT2D eigenvalue weighted by molar-refractivity contribution is 7.91. The first-order valence-corrected chi connectivity index (χ1v) is 10.3. The van der Waals surface area contributed by atoms with E-state index in [1.807, 2.05) is 37.3 Å². The maximum atomic E-state index is 12.4. The van der Waals surface area contributed by atoms with Crippen molar-refractivity contribution in [1.29, 1.82) is 0 Å². The summed E-state index contributed by atoms with van der Waals surface area (Å²) in [6.07, 6.45) is -0.159. The van der Waals surface area contributed by atoms with Gasteiger partial charge in [0.2, 0.25) is 5.91 Å². The molecule has 0 radical (unpaired) electrons. The van der Waals surface area contributed by atoms with Crippen LogP contribution in [0.25, 0.3) is 5.69 Å². The number of para-hydroxylation sites is 1. The Hall–Kier alpha value is -3.13. The van der Waals surface area contributed by atoms with Crippen LogP contribution in [0.3, 0.4) is 0 Å². The largest absolute Gasteiger partial charge is 0.497 e. The van der Waals surface area contributed by atoms with Crippen molar-refractivity contribution in [2.45, 2.75) is 18.2 Å². The molecule has 0 aliphatic heterocycles. The van der Waals surface area contributed by atoms with Gasteiger partial charge in [0, 0.05) is 12.5 Å². The minimum absolute atomic E-state index is 0.159. The summed E-state index contributed by atoms with van der Waals surface area (Å²) < 4.78 is 31.5. The molecular weight excluding hydrogens is 378 g/mol. The van der Waals surface area contributed by atoms with Crippen LogP contribution in [0.4, 0.5) is 5.82 Å². The van der Waals surface area contributed by atoms with Gasteiger partial charge >= 0.3 is 0 Å². The molecule has 0 unspecified atom stereocenters. The zero-order chi connectivity index (χ0) is 20.1. The fourth-order valence-electron chi connectivity index (χ4n) is 2.69. The van der Waals surface area contributed by atoms with E-state index in [0.717, 1.165) is 11.4 Å². The van der Waals surface area contributed by atoms with Crippen LogP contribution in [0.2, 0.25) is 0 Å². The lowest BCUT2D eigenvalue weighted by molar-refractivity contribution is -0.115. The molecule has 0 bridgehead atoms. The van der Waals surface area contributed by atoms with Crippen molar-refractivity contribution in [2.24, 2.45) is 0 Å². The van der Waals surface area contributed by atoms with Crippen molar-refractivity contribution < 1.29 is 17.9 Å². The van der Waals surface area contributed by atoms with Gasteiger partial charge in [0.25, 0.3) is 0 Å². The normalized spacial score (nSPS) is 11.2. The Morgan fingerprint density at radius 2 is 1.79 bits per heavy atom. The minimum atomic E-state index is -3.57. The average molecular weight is 399 g/mol. The molecule has 0 saturated heterocycles. The number of rotatable bonds is 7. The Morgan fingerprint density at radius 3 is 2.43 bits per heavy atom. The molecule has 3 rings (SSSR count). The minimum Gasteiger partial charge on any atom is -0.497 e. The van der Waals surface area contributed by atoms with Gasteiger partial charge in [0.05, 0.1) is 29.1 Å². The number of hydrogen-bond donors (Lipinski definition) is 1. The van der Waals surface area contributed by atoms with Gasteiger partial charge in [0.1, 0.15) is 11.6 Å². The molecule has 0 spiro atoms. The average Bonchev–Trinajstić information content (AvgIpc) is 3.07. The molecule has 7 nitrogen and oxygen atoms in total. The summed E-state index contributed by atoms with van der Waals surface area (Å²) in [7, 11) is -2.06. The highest BCUT2D eigenvalue weighted by atomic mass is 32.2. The van der Waals surface area contributed by atoms with Crippen LogP contribution >= 0.6 is 0 Å². The van der Waals surface area contributed by atoms with Crippen molar-refractivity contribution in [1.82, 2.24) is 9.78 Å². The Labute approximate surface area is 163 Å². The molecule has 8 heteroatoms. The van der Waals surface area contributed by atoms with Crippen molar-refractivity contribution in [2.75, 3.05) is 18.2 Å². The molecule has 28 heavy (non-hydrogen) atoms. The molecular formula is C20H21N3O4S. The van der Waals surface area contributed by atoms with Crippen LogP contribution in [0.1, 0.15) is 12.1 Å². The summed E-state index contributed by atoms with van der Waals surface area (Å²) in [4.78, 5) is 12.5. The third-order valence-corrected chi connectivity index (χ3v) is 5.85. The summed E-state index contributed by atoms with van der Waals surface area (Å²) in [5.41, 5.74) is 1.54. The monoisotopic (exact) mass is 399 g/mol. The predicted molar refractivity (Wildman–Crippen MR) is 107 cm³/mol. The number of aromatic nitrogens is 2. The Kier molecular flexibility index (Phi) is 5.79. The molecule has 0 saturated carbocycles. The van der Waals surface area contributed by atoms with Crippen LogP contribution in [0, 0.1) is 6.92 Å². The van der Waals surface area contributed by atoms with Crippen molar-refractivity contribution in [3.05, 3.63) is 66.4 Å². The third kappa shape index (κ3) is 4.58. The number of aryl methyl sites for hydroxylation is 1. The maximum Gasteiger partial charge on any atom is 0.226 e. The summed E-state index contributed by atoms with van der Waals surface area (Å²) >= 11 is 0. The smallest absolute Gasteiger partial charge is 0.226 e. The van der Waals surface area contributed by atoms with Gasteiger partial charge in [-0.1, -0.05) is 18.2 Å². The first-order chi connectivity index (χ1) is 13.4. The zero-order valence-corrected chi connectivity index (χ0v) is 16.4. The number of sulfone groups is 1. The summed E-state index contributed by atoms with van der Waals surface area (Å²) in [6.45, 7) is 1.82. The number of hydrogen-bond acceptors (Lipinski definition) is 5. The van der Waals surface area contributed by atoms with Crippen LogP contribution in [-0.2, 0) is 14.6 Å². The maximum absolute atomic E-state index is 12.4. The summed E-state index contributed by atoms with van der Waals surface area (Å²) in [6, 6.07) is 17.2. The topological polar surface area (TPSA) is 90.3 Å². The highest BCUT2D eigenvalue weighted by Crippen LogP contribution is 2.19. The van der Waals surface area contributed by atoms with Gasteiger partial charge in [-0.3, -0.25) is 4.79 Å². The van der Waals surface area contributed by atoms with Crippen LogP contribution in [0.5, 0.6) is 5.75 Å². The lowest BCUT2D eigenvalue weighted by Gasteiger charge is -2.09. The van der Waals surface area contributed by atoms with Gasteiger partial charge < -0.3 is 10.1 Å². The van der Waals surface area contributed by atoms with Crippen molar-refractivity contribution in [3.8, 4) is 11.4 Å². The van der Waals surface area contributed by atoms with Crippen molar-refractivity contribution in [3.63, 3.8) is 0 Å². The fraction of sp³-hybridized carbons (Fsp3) is 0.200. The molecule has 0 fully saturated rings. The van der Waals surface area contributed by atoms with E-state index in [1.165, 1.54) is 19.2 Å². The molecule has 1 heterocycles. The third-order valence-electron chi connectivity index (χ3n) is 4.12. The lowest BCUT2D eigenvalue weighted by atomic mass is 10.3. The molecule has 1 N–H and O–H groups in total. The number of benzene rings is 2. The van der Waals surface area contributed by atoms with Gasteiger partial charge in [-0.25, -0.2) is 13.1 Å². The van der Waals surface area contributed by atoms with E-state index in [9.17, 15) is 13.2 Å². The second-order valence-electron chi connectivity index (χ2n) is 6.21. The van der Waals surface area contributed by atoms with Gasteiger partial charge in [0.15, 0.2) is 9.84 Å². The lowest BCUT2D eigenvalue weighted by Crippen LogP contribution is -2.19. The molecule has 1 aromatic heterocycles.